The van der Waals surface area contributed by atoms with Crippen molar-refractivity contribution in [2.24, 2.45) is 0 Å². The number of hydrogen-bond donors (Lipinski definition) is 3. The number of nitrogens with one attached hydrogen (secondary N) is 2. The molecule has 2 amide bonds. The van der Waals surface area contributed by atoms with Crippen LogP contribution in [0.4, 0.5) is 0 Å². The van der Waals surface area contributed by atoms with Crippen LogP contribution in [0.1, 0.15) is 20.7 Å². The molecule has 7 nitrogen and oxygen atoms in total. The van der Waals surface area contributed by atoms with E-state index in [0.29, 0.717) is 5.56 Å². The zero-order chi connectivity index (χ0) is 14.5. The summed E-state index contributed by atoms with van der Waals surface area (Å²) in [7, 11) is 2.04. The largest absolute Gasteiger partial charge is 0.304 e. The average molecular weight is 278 g/mol. The lowest BCUT2D eigenvalue weighted by atomic mass is 10.1. The van der Waals surface area contributed by atoms with Gasteiger partial charge in [-0.1, -0.05) is 6.07 Å². The lowest BCUT2D eigenvalue weighted by Crippen LogP contribution is -2.52. The molecule has 108 valence electrons. The molecule has 1 heterocycles. The molecule has 0 spiro atoms. The van der Waals surface area contributed by atoms with E-state index >= 15 is 0 Å². The maximum Gasteiger partial charge on any atom is 0.274 e. The van der Waals surface area contributed by atoms with Gasteiger partial charge in [0.1, 0.15) is 0 Å². The standard InChI is InChI=1S/C13H18N4O3/c1-16-5-7-17(8-6-16)14-12(18)10-3-2-4-11(9-10)13(19)15-20/h2-4,9,20H,5-8H2,1H3,(H,14,18)(H,15,19). The van der Waals surface area contributed by atoms with Gasteiger partial charge in [0.25, 0.3) is 11.8 Å². The quantitative estimate of drug-likeness (QED) is 0.522. The first kappa shape index (κ1) is 14.4. The van der Waals surface area contributed by atoms with Crippen LogP contribution in [0.5, 0.6) is 0 Å². The molecular weight excluding hydrogens is 260 g/mol. The summed E-state index contributed by atoms with van der Waals surface area (Å²) in [6, 6.07) is 6.19. The smallest absolute Gasteiger partial charge is 0.274 e. The van der Waals surface area contributed by atoms with Crippen molar-refractivity contribution < 1.29 is 14.8 Å². The molecule has 0 atom stereocenters. The Morgan fingerprint density at radius 1 is 1.10 bits per heavy atom. The van der Waals surface area contributed by atoms with Gasteiger partial charge in [0, 0.05) is 37.3 Å². The van der Waals surface area contributed by atoms with Gasteiger partial charge in [-0.3, -0.25) is 20.2 Å². The molecule has 0 bridgehead atoms. The number of rotatable bonds is 3. The van der Waals surface area contributed by atoms with Crippen LogP contribution in [-0.2, 0) is 0 Å². The number of hydroxylamine groups is 1. The number of nitrogens with zero attached hydrogens (tertiary/aromatic N) is 2. The molecule has 0 radical (unpaired) electrons. The van der Waals surface area contributed by atoms with E-state index in [1.165, 1.54) is 12.1 Å². The highest BCUT2D eigenvalue weighted by molar-refractivity contribution is 5.99. The maximum absolute atomic E-state index is 12.1. The molecular formula is C13H18N4O3. The fourth-order valence-electron chi connectivity index (χ4n) is 1.99. The van der Waals surface area contributed by atoms with Crippen molar-refractivity contribution in [2.45, 2.75) is 0 Å². The number of carbonyl (C=O) groups excluding carboxylic acids is 2. The SMILES string of the molecule is CN1CCN(NC(=O)c2cccc(C(=O)NO)c2)CC1. The topological polar surface area (TPSA) is 84.9 Å². The Hall–Kier alpha value is -1.96. The van der Waals surface area contributed by atoms with Crippen LogP contribution in [0.3, 0.4) is 0 Å². The fourth-order valence-corrected chi connectivity index (χ4v) is 1.99. The number of piperazine rings is 1. The third kappa shape index (κ3) is 3.53. The summed E-state index contributed by atoms with van der Waals surface area (Å²) in [6.45, 7) is 3.32. The number of hydrazine groups is 1. The summed E-state index contributed by atoms with van der Waals surface area (Å²) >= 11 is 0. The van der Waals surface area contributed by atoms with E-state index in [2.05, 4.69) is 10.3 Å². The Labute approximate surface area is 117 Å². The van der Waals surface area contributed by atoms with E-state index in [0.717, 1.165) is 26.2 Å². The average Bonchev–Trinajstić information content (AvgIpc) is 2.49. The van der Waals surface area contributed by atoms with E-state index in [1.807, 2.05) is 12.1 Å². The second-order valence-electron chi connectivity index (χ2n) is 4.75. The summed E-state index contributed by atoms with van der Waals surface area (Å²) in [6.07, 6.45) is 0. The van der Waals surface area contributed by atoms with Gasteiger partial charge < -0.3 is 4.90 Å². The molecule has 1 aromatic rings. The van der Waals surface area contributed by atoms with Crippen molar-refractivity contribution in [2.75, 3.05) is 33.2 Å². The van der Waals surface area contributed by atoms with Gasteiger partial charge in [0.15, 0.2) is 0 Å². The van der Waals surface area contributed by atoms with Crippen molar-refractivity contribution in [1.29, 1.82) is 0 Å². The summed E-state index contributed by atoms with van der Waals surface area (Å²) in [5.74, 6) is -0.901. The van der Waals surface area contributed by atoms with Gasteiger partial charge in [-0.15, -0.1) is 0 Å². The Kier molecular flexibility index (Phi) is 4.67. The van der Waals surface area contributed by atoms with Crippen LogP contribution in [0.2, 0.25) is 0 Å². The highest BCUT2D eigenvalue weighted by Crippen LogP contribution is 2.06. The van der Waals surface area contributed by atoms with Crippen LogP contribution in [0, 0.1) is 0 Å². The minimum absolute atomic E-state index is 0.235. The van der Waals surface area contributed by atoms with Crippen LogP contribution >= 0.6 is 0 Å². The molecule has 1 aliphatic rings. The van der Waals surface area contributed by atoms with Gasteiger partial charge in [-0.25, -0.2) is 10.5 Å². The second kappa shape index (κ2) is 6.47. The second-order valence-corrected chi connectivity index (χ2v) is 4.75. The predicted molar refractivity (Wildman–Crippen MR) is 72.2 cm³/mol. The molecule has 20 heavy (non-hydrogen) atoms. The van der Waals surface area contributed by atoms with Gasteiger partial charge in [0.2, 0.25) is 0 Å². The Morgan fingerprint density at radius 3 is 2.30 bits per heavy atom. The number of carbonyl (C=O) groups is 2. The molecule has 1 aliphatic heterocycles. The van der Waals surface area contributed by atoms with Crippen LogP contribution in [0.15, 0.2) is 24.3 Å². The highest BCUT2D eigenvalue weighted by Gasteiger charge is 2.17. The van der Waals surface area contributed by atoms with E-state index in [9.17, 15) is 9.59 Å². The normalized spacial score (nSPS) is 16.7. The van der Waals surface area contributed by atoms with Crippen molar-refractivity contribution in [3.05, 3.63) is 35.4 Å². The first-order chi connectivity index (χ1) is 9.60. The predicted octanol–water partition coefficient (Wildman–Crippen LogP) is -0.302. The van der Waals surface area contributed by atoms with Gasteiger partial charge in [0.05, 0.1) is 0 Å². The molecule has 0 saturated carbocycles. The zero-order valence-electron chi connectivity index (χ0n) is 11.3. The van der Waals surface area contributed by atoms with Gasteiger partial charge in [-0.2, -0.15) is 0 Å². The maximum atomic E-state index is 12.1. The van der Waals surface area contributed by atoms with Gasteiger partial charge in [-0.05, 0) is 25.2 Å². The van der Waals surface area contributed by atoms with Crippen molar-refractivity contribution >= 4 is 11.8 Å². The van der Waals surface area contributed by atoms with Crippen molar-refractivity contribution in [1.82, 2.24) is 20.8 Å². The summed E-state index contributed by atoms with van der Waals surface area (Å²) < 4.78 is 0. The highest BCUT2D eigenvalue weighted by atomic mass is 16.5. The van der Waals surface area contributed by atoms with E-state index in [4.69, 9.17) is 5.21 Å². The van der Waals surface area contributed by atoms with Crippen molar-refractivity contribution in [3.8, 4) is 0 Å². The third-order valence-corrected chi connectivity index (χ3v) is 3.25. The van der Waals surface area contributed by atoms with E-state index in [1.54, 1.807) is 17.6 Å². The van der Waals surface area contributed by atoms with E-state index in [-0.39, 0.29) is 11.5 Å². The van der Waals surface area contributed by atoms with Crippen LogP contribution in [0.25, 0.3) is 0 Å². The molecule has 1 aromatic carbocycles. The van der Waals surface area contributed by atoms with Crippen LogP contribution in [-0.4, -0.2) is 60.2 Å². The molecule has 1 fully saturated rings. The minimum Gasteiger partial charge on any atom is -0.304 e. The monoisotopic (exact) mass is 278 g/mol. The molecule has 1 saturated heterocycles. The minimum atomic E-state index is -0.640. The summed E-state index contributed by atoms with van der Waals surface area (Å²) in [5.41, 5.74) is 4.97. The Bertz CT molecular complexity index is 498. The number of hydrogen-bond acceptors (Lipinski definition) is 5. The summed E-state index contributed by atoms with van der Waals surface area (Å²) in [5, 5.41) is 10.5. The lowest BCUT2D eigenvalue weighted by Gasteiger charge is -2.32. The molecule has 2 rings (SSSR count). The molecule has 3 N–H and O–H groups in total. The number of amides is 2. The third-order valence-electron chi connectivity index (χ3n) is 3.25. The first-order valence-corrected chi connectivity index (χ1v) is 6.39. The van der Waals surface area contributed by atoms with Crippen LogP contribution < -0.4 is 10.9 Å². The van der Waals surface area contributed by atoms with E-state index < -0.39 is 5.91 Å². The van der Waals surface area contributed by atoms with Crippen molar-refractivity contribution in [3.63, 3.8) is 0 Å². The Morgan fingerprint density at radius 2 is 1.70 bits per heavy atom. The molecule has 0 aliphatic carbocycles. The molecule has 0 unspecified atom stereocenters. The first-order valence-electron chi connectivity index (χ1n) is 6.39. The Balaban J connectivity index is 2.00. The fraction of sp³-hybridized carbons (Fsp3) is 0.385. The zero-order valence-corrected chi connectivity index (χ0v) is 11.3. The van der Waals surface area contributed by atoms with Gasteiger partial charge >= 0.3 is 0 Å². The lowest BCUT2D eigenvalue weighted by molar-refractivity contribution is 0.0662. The number of benzene rings is 1. The summed E-state index contributed by atoms with van der Waals surface area (Å²) in [4.78, 5) is 25.6. The molecule has 7 heteroatoms. The number of likely N-dealkylation sites (N-methyl/N-ethyl adjacent to an activating group) is 1. The molecule has 0 aromatic heterocycles.